The van der Waals surface area contributed by atoms with Gasteiger partial charge in [-0.3, -0.25) is 4.57 Å². The van der Waals surface area contributed by atoms with Crippen molar-refractivity contribution in [3.8, 4) is 29.3 Å². The van der Waals surface area contributed by atoms with Crippen molar-refractivity contribution in [2.45, 2.75) is 56.1 Å². The van der Waals surface area contributed by atoms with Crippen molar-refractivity contribution in [3.63, 3.8) is 0 Å². The van der Waals surface area contributed by atoms with E-state index in [1.54, 1.807) is 18.9 Å². The summed E-state index contributed by atoms with van der Waals surface area (Å²) in [6.45, 7) is 0. The minimum Gasteiger partial charge on any atom is -0.497 e. The Balaban J connectivity index is 1.86. The number of benzene rings is 1. The third-order valence-electron chi connectivity index (χ3n) is 5.15. The number of nitrogens with zero attached hydrogens (tertiary/aromatic N) is 5. The first-order valence-corrected chi connectivity index (χ1v) is 10.7. The van der Waals surface area contributed by atoms with Gasteiger partial charge in [0, 0.05) is 23.8 Å². The zero-order valence-electron chi connectivity index (χ0n) is 16.2. The maximum absolute atomic E-state index is 9.35. The number of ether oxygens (including phenoxy) is 1. The molecule has 146 valence electrons. The van der Waals surface area contributed by atoms with E-state index in [1.807, 2.05) is 24.3 Å². The Labute approximate surface area is 170 Å². The molecular formula is C21H25N5OS. The summed E-state index contributed by atoms with van der Waals surface area (Å²) in [5.41, 5.74) is 1.02. The number of hydrogen-bond acceptors (Lipinski definition) is 6. The lowest BCUT2D eigenvalue weighted by Gasteiger charge is -2.25. The van der Waals surface area contributed by atoms with Crippen LogP contribution in [0.2, 0.25) is 0 Å². The van der Waals surface area contributed by atoms with Crippen LogP contribution in [0.5, 0.6) is 5.75 Å². The van der Waals surface area contributed by atoms with Gasteiger partial charge in [0.05, 0.1) is 25.2 Å². The van der Waals surface area contributed by atoms with Crippen molar-refractivity contribution < 1.29 is 4.74 Å². The van der Waals surface area contributed by atoms with Gasteiger partial charge in [-0.1, -0.05) is 31.0 Å². The van der Waals surface area contributed by atoms with Crippen LogP contribution in [0, 0.1) is 28.6 Å². The van der Waals surface area contributed by atoms with Gasteiger partial charge in [-0.25, -0.2) is 0 Å². The Morgan fingerprint density at radius 1 is 1.18 bits per heavy atom. The Hall–Kier alpha value is -2.51. The molecule has 2 aromatic rings. The molecule has 1 saturated carbocycles. The van der Waals surface area contributed by atoms with Crippen molar-refractivity contribution >= 4 is 11.8 Å². The van der Waals surface area contributed by atoms with E-state index in [-0.39, 0.29) is 5.92 Å². The van der Waals surface area contributed by atoms with Crippen molar-refractivity contribution in [1.29, 1.82) is 10.5 Å². The van der Waals surface area contributed by atoms with Gasteiger partial charge in [-0.05, 0) is 43.5 Å². The van der Waals surface area contributed by atoms with Gasteiger partial charge in [-0.2, -0.15) is 10.5 Å². The summed E-state index contributed by atoms with van der Waals surface area (Å²) >= 11 is 1.58. The summed E-state index contributed by atoms with van der Waals surface area (Å²) in [7, 11) is 1.66. The number of thioether (sulfide) groups is 1. The number of rotatable bonds is 8. The molecule has 3 rings (SSSR count). The minimum absolute atomic E-state index is 0.148. The normalized spacial score (nSPS) is 15.5. The summed E-state index contributed by atoms with van der Waals surface area (Å²) in [5, 5.41) is 28.0. The van der Waals surface area contributed by atoms with Gasteiger partial charge in [0.1, 0.15) is 5.75 Å². The largest absolute Gasteiger partial charge is 0.497 e. The molecule has 1 aromatic heterocycles. The van der Waals surface area contributed by atoms with Crippen molar-refractivity contribution in [2.24, 2.45) is 5.92 Å². The van der Waals surface area contributed by atoms with E-state index in [9.17, 15) is 5.26 Å². The maximum Gasteiger partial charge on any atom is 0.191 e. The molecular weight excluding hydrogens is 370 g/mol. The molecule has 0 unspecified atom stereocenters. The molecule has 0 saturated heterocycles. The Bertz CT molecular complexity index is 843. The smallest absolute Gasteiger partial charge is 0.191 e. The van der Waals surface area contributed by atoms with Crippen LogP contribution in [0.1, 0.15) is 51.0 Å². The summed E-state index contributed by atoms with van der Waals surface area (Å²) in [6.07, 6.45) is 6.99. The number of methoxy groups -OCH3 is 1. The molecule has 1 aliphatic carbocycles. The van der Waals surface area contributed by atoms with Crippen LogP contribution >= 0.6 is 11.8 Å². The standard InChI is InChI=1S/C21H25N5OS/c1-27-19-11-9-17(10-12-19)20-24-25-21(26(20)18-7-3-2-4-8-18)28-15-16(14-23)6-5-13-22/h9-12,16,18H,2-8,15H2,1H3/t16-/m1/s1. The fraction of sp³-hybridized carbons (Fsp3) is 0.524. The lowest BCUT2D eigenvalue weighted by Crippen LogP contribution is -2.15. The fourth-order valence-electron chi connectivity index (χ4n) is 3.58. The Morgan fingerprint density at radius 3 is 2.57 bits per heavy atom. The number of hydrogen-bond donors (Lipinski definition) is 0. The molecule has 1 atom stereocenters. The Kier molecular flexibility index (Phi) is 7.33. The van der Waals surface area contributed by atoms with E-state index >= 15 is 0 Å². The van der Waals surface area contributed by atoms with Gasteiger partial charge < -0.3 is 4.74 Å². The Morgan fingerprint density at radius 2 is 1.93 bits per heavy atom. The quantitative estimate of drug-likeness (QED) is 0.585. The first-order valence-electron chi connectivity index (χ1n) is 9.75. The topological polar surface area (TPSA) is 87.5 Å². The van der Waals surface area contributed by atoms with E-state index in [1.165, 1.54) is 19.3 Å². The molecule has 0 aliphatic heterocycles. The maximum atomic E-state index is 9.35. The average molecular weight is 396 g/mol. The van der Waals surface area contributed by atoms with E-state index in [4.69, 9.17) is 10.00 Å². The molecule has 1 aliphatic rings. The van der Waals surface area contributed by atoms with Crippen LogP contribution in [0.25, 0.3) is 11.4 Å². The van der Waals surface area contributed by atoms with Crippen molar-refractivity contribution in [3.05, 3.63) is 24.3 Å². The second-order valence-electron chi connectivity index (χ2n) is 7.03. The monoisotopic (exact) mass is 395 g/mol. The highest BCUT2D eigenvalue weighted by Gasteiger charge is 2.24. The summed E-state index contributed by atoms with van der Waals surface area (Å²) in [6, 6.07) is 12.7. The first-order chi connectivity index (χ1) is 13.8. The molecule has 1 heterocycles. The van der Waals surface area contributed by atoms with Gasteiger partial charge in [-0.15, -0.1) is 10.2 Å². The van der Waals surface area contributed by atoms with Gasteiger partial charge in [0.15, 0.2) is 11.0 Å². The molecule has 0 amide bonds. The number of nitriles is 2. The third kappa shape index (κ3) is 4.85. The van der Waals surface area contributed by atoms with Crippen LogP contribution in [-0.4, -0.2) is 27.6 Å². The van der Waals surface area contributed by atoms with Crippen LogP contribution < -0.4 is 4.74 Å². The first kappa shape index (κ1) is 20.2. The SMILES string of the molecule is COc1ccc(-c2nnc(SC[C@@H](C#N)CCC#N)n2C2CCCCC2)cc1. The van der Waals surface area contributed by atoms with E-state index in [0.717, 1.165) is 35.1 Å². The van der Waals surface area contributed by atoms with Crippen LogP contribution in [0.4, 0.5) is 0 Å². The van der Waals surface area contributed by atoms with Crippen LogP contribution in [0.3, 0.4) is 0 Å². The van der Waals surface area contributed by atoms with Crippen molar-refractivity contribution in [2.75, 3.05) is 12.9 Å². The third-order valence-corrected chi connectivity index (χ3v) is 6.26. The van der Waals surface area contributed by atoms with E-state index in [2.05, 4.69) is 26.9 Å². The molecule has 0 N–H and O–H groups in total. The second-order valence-corrected chi connectivity index (χ2v) is 8.02. The lowest BCUT2D eigenvalue weighted by molar-refractivity contribution is 0.339. The molecule has 28 heavy (non-hydrogen) atoms. The summed E-state index contributed by atoms with van der Waals surface area (Å²) in [4.78, 5) is 0. The molecule has 0 radical (unpaired) electrons. The summed E-state index contributed by atoms with van der Waals surface area (Å²) < 4.78 is 7.53. The minimum atomic E-state index is -0.148. The van der Waals surface area contributed by atoms with Gasteiger partial charge >= 0.3 is 0 Å². The highest BCUT2D eigenvalue weighted by atomic mass is 32.2. The molecule has 1 fully saturated rings. The average Bonchev–Trinajstić information content (AvgIpc) is 3.18. The predicted molar refractivity (Wildman–Crippen MR) is 109 cm³/mol. The summed E-state index contributed by atoms with van der Waals surface area (Å²) in [5.74, 6) is 2.18. The highest BCUT2D eigenvalue weighted by molar-refractivity contribution is 7.99. The van der Waals surface area contributed by atoms with Gasteiger partial charge in [0.2, 0.25) is 0 Å². The zero-order valence-corrected chi connectivity index (χ0v) is 17.0. The van der Waals surface area contributed by atoms with Crippen LogP contribution in [0.15, 0.2) is 29.4 Å². The van der Waals surface area contributed by atoms with Crippen LogP contribution in [-0.2, 0) is 0 Å². The highest BCUT2D eigenvalue weighted by Crippen LogP contribution is 2.36. The lowest BCUT2D eigenvalue weighted by atomic mass is 9.95. The fourth-order valence-corrected chi connectivity index (χ4v) is 4.64. The molecule has 0 bridgehead atoms. The van der Waals surface area contributed by atoms with Gasteiger partial charge in [0.25, 0.3) is 0 Å². The van der Waals surface area contributed by atoms with Crippen molar-refractivity contribution in [1.82, 2.24) is 14.8 Å². The second kappa shape index (κ2) is 10.1. The number of aromatic nitrogens is 3. The molecule has 7 heteroatoms. The van der Waals surface area contributed by atoms with E-state index < -0.39 is 0 Å². The predicted octanol–water partition coefficient (Wildman–Crippen LogP) is 4.99. The molecule has 6 nitrogen and oxygen atoms in total. The molecule has 1 aromatic carbocycles. The molecule has 0 spiro atoms. The zero-order chi connectivity index (χ0) is 19.8. The van der Waals surface area contributed by atoms with E-state index in [0.29, 0.717) is 24.6 Å².